The summed E-state index contributed by atoms with van der Waals surface area (Å²) < 4.78 is 7.26. The molecule has 1 atom stereocenters. The summed E-state index contributed by atoms with van der Waals surface area (Å²) in [4.78, 5) is 0. The highest BCUT2D eigenvalue weighted by Gasteiger charge is 2.55. The first-order valence-electron chi connectivity index (χ1n) is 19.3. The Bertz CT molecular complexity index is 3100. The second kappa shape index (κ2) is 10.4. The van der Waals surface area contributed by atoms with Crippen LogP contribution in [0.3, 0.4) is 0 Å². The fourth-order valence-electron chi connectivity index (χ4n) is 11.2. The summed E-state index contributed by atoms with van der Waals surface area (Å²) in [5.74, 6) is 1.83. The lowest BCUT2D eigenvalue weighted by Crippen LogP contribution is -2.32. The minimum absolute atomic E-state index is 0.516. The number of ether oxygens (including phenoxy) is 1. The molecule has 9 aromatic rings. The fraction of sp³-hybridized carbons (Fsp3) is 0.0370. The molecule has 0 saturated carbocycles. The molecule has 0 bridgehead atoms. The molecule has 9 aromatic carbocycles. The van der Waals surface area contributed by atoms with Crippen molar-refractivity contribution in [3.63, 3.8) is 0 Å². The maximum atomic E-state index is 7.26. The smallest absolute Gasteiger partial charge is 0.140 e. The van der Waals surface area contributed by atoms with Crippen LogP contribution in [0.15, 0.2) is 194 Å². The third kappa shape index (κ3) is 3.42. The van der Waals surface area contributed by atoms with E-state index >= 15 is 0 Å². The molecule has 3 aliphatic carbocycles. The van der Waals surface area contributed by atoms with Crippen molar-refractivity contribution in [1.82, 2.24) is 0 Å². The van der Waals surface area contributed by atoms with E-state index < -0.39 is 10.8 Å². The van der Waals surface area contributed by atoms with Gasteiger partial charge in [0.1, 0.15) is 11.5 Å². The molecule has 0 amide bonds. The summed E-state index contributed by atoms with van der Waals surface area (Å²) in [6.07, 6.45) is 0. The van der Waals surface area contributed by atoms with Crippen LogP contribution in [0.2, 0.25) is 0 Å². The Labute approximate surface area is 319 Å². The summed E-state index contributed by atoms with van der Waals surface area (Å²) in [6, 6.07) is 72.4. The van der Waals surface area contributed by atoms with Gasteiger partial charge < -0.3 is 4.74 Å². The van der Waals surface area contributed by atoms with E-state index in [0.717, 1.165) is 17.1 Å². The molecule has 1 unspecified atom stereocenters. The molecule has 2 spiro atoms. The van der Waals surface area contributed by atoms with Gasteiger partial charge in [0.2, 0.25) is 0 Å². The van der Waals surface area contributed by atoms with Crippen LogP contribution >= 0.6 is 0 Å². The molecule has 0 N–H and O–H groups in total. The SMILES string of the molecule is c1ccc2c(c1)Oc1c(-c3cccc4c3C3(c5ccccc5-c5cc6ccccc6cc53)c3ccccc3-4)cccc1C21c2ccccc2-c2ccccc21. The topological polar surface area (TPSA) is 9.23 Å². The van der Waals surface area contributed by atoms with Crippen LogP contribution in [-0.4, -0.2) is 0 Å². The van der Waals surface area contributed by atoms with Gasteiger partial charge in [-0.2, -0.15) is 0 Å². The third-order valence-electron chi connectivity index (χ3n) is 13.1. The first-order valence-corrected chi connectivity index (χ1v) is 19.3. The second-order valence-electron chi connectivity index (χ2n) is 15.4. The maximum Gasteiger partial charge on any atom is 0.140 e. The minimum Gasteiger partial charge on any atom is -0.456 e. The Morgan fingerprint density at radius 1 is 0.273 bits per heavy atom. The molecule has 55 heavy (non-hydrogen) atoms. The van der Waals surface area contributed by atoms with Crippen LogP contribution in [0.5, 0.6) is 11.5 Å². The van der Waals surface area contributed by atoms with Crippen LogP contribution in [0.4, 0.5) is 0 Å². The molecule has 0 saturated heterocycles. The van der Waals surface area contributed by atoms with E-state index in [9.17, 15) is 0 Å². The zero-order chi connectivity index (χ0) is 35.9. The van der Waals surface area contributed by atoms with Crippen molar-refractivity contribution in [2.75, 3.05) is 0 Å². The molecular weight excluding hydrogens is 665 g/mol. The van der Waals surface area contributed by atoms with Gasteiger partial charge in [-0.1, -0.05) is 176 Å². The zero-order valence-corrected chi connectivity index (χ0v) is 29.9. The summed E-state index contributed by atoms with van der Waals surface area (Å²) in [5, 5.41) is 2.52. The van der Waals surface area contributed by atoms with Gasteiger partial charge in [-0.3, -0.25) is 0 Å². The van der Waals surface area contributed by atoms with E-state index in [4.69, 9.17) is 4.74 Å². The largest absolute Gasteiger partial charge is 0.456 e. The number of fused-ring (bicyclic) bond motifs is 20. The highest BCUT2D eigenvalue weighted by Crippen LogP contribution is 2.67. The van der Waals surface area contributed by atoms with Crippen LogP contribution in [0.1, 0.15) is 44.5 Å². The van der Waals surface area contributed by atoms with Gasteiger partial charge in [0, 0.05) is 16.7 Å². The average Bonchev–Trinajstić information content (AvgIpc) is 3.83. The monoisotopic (exact) mass is 696 g/mol. The Kier molecular flexibility index (Phi) is 5.56. The van der Waals surface area contributed by atoms with E-state index in [1.165, 1.54) is 94.2 Å². The molecular formula is C54H32O. The van der Waals surface area contributed by atoms with Crippen molar-refractivity contribution in [3.05, 3.63) is 239 Å². The van der Waals surface area contributed by atoms with E-state index in [-0.39, 0.29) is 0 Å². The van der Waals surface area contributed by atoms with Gasteiger partial charge in [0.15, 0.2) is 0 Å². The third-order valence-corrected chi connectivity index (χ3v) is 13.1. The highest BCUT2D eigenvalue weighted by atomic mass is 16.5. The Hall–Kier alpha value is -6.96. The number of para-hydroxylation sites is 2. The molecule has 13 rings (SSSR count). The van der Waals surface area contributed by atoms with Crippen LogP contribution in [-0.2, 0) is 10.8 Å². The number of hydrogen-bond donors (Lipinski definition) is 0. The highest BCUT2D eigenvalue weighted by molar-refractivity contribution is 6.03. The Balaban J connectivity index is 1.17. The Morgan fingerprint density at radius 3 is 1.35 bits per heavy atom. The quantitative estimate of drug-likeness (QED) is 0.166. The first-order chi connectivity index (χ1) is 27.3. The molecule has 1 heteroatoms. The van der Waals surface area contributed by atoms with Crippen molar-refractivity contribution >= 4 is 10.8 Å². The van der Waals surface area contributed by atoms with Gasteiger partial charge in [0.05, 0.1) is 10.8 Å². The van der Waals surface area contributed by atoms with Crippen LogP contribution < -0.4 is 4.74 Å². The average molecular weight is 697 g/mol. The van der Waals surface area contributed by atoms with E-state index in [0.29, 0.717) is 0 Å². The normalized spacial score (nSPS) is 16.7. The summed E-state index contributed by atoms with van der Waals surface area (Å²) >= 11 is 0. The molecule has 1 aliphatic heterocycles. The Morgan fingerprint density at radius 2 is 0.691 bits per heavy atom. The van der Waals surface area contributed by atoms with E-state index in [1.807, 2.05) is 0 Å². The maximum absolute atomic E-state index is 7.26. The number of benzene rings is 9. The molecule has 0 radical (unpaired) electrons. The molecule has 254 valence electrons. The van der Waals surface area contributed by atoms with Crippen LogP contribution in [0.25, 0.3) is 55.3 Å². The first kappa shape index (κ1) is 29.5. The van der Waals surface area contributed by atoms with Gasteiger partial charge in [-0.15, -0.1) is 0 Å². The molecule has 4 aliphatic rings. The molecule has 0 aromatic heterocycles. The second-order valence-corrected chi connectivity index (χ2v) is 15.4. The molecule has 1 heterocycles. The van der Waals surface area contributed by atoms with Gasteiger partial charge >= 0.3 is 0 Å². The van der Waals surface area contributed by atoms with Gasteiger partial charge in [-0.25, -0.2) is 0 Å². The predicted molar refractivity (Wildman–Crippen MR) is 223 cm³/mol. The molecule has 1 nitrogen and oxygen atoms in total. The zero-order valence-electron chi connectivity index (χ0n) is 29.9. The summed E-state index contributed by atoms with van der Waals surface area (Å²) in [7, 11) is 0. The molecule has 0 fully saturated rings. The van der Waals surface area contributed by atoms with Crippen molar-refractivity contribution in [3.8, 4) is 56.0 Å². The van der Waals surface area contributed by atoms with Gasteiger partial charge in [-0.05, 0) is 101 Å². The van der Waals surface area contributed by atoms with E-state index in [2.05, 4.69) is 194 Å². The van der Waals surface area contributed by atoms with Crippen LogP contribution in [0, 0.1) is 0 Å². The summed E-state index contributed by atoms with van der Waals surface area (Å²) in [6.45, 7) is 0. The number of rotatable bonds is 1. The lowest BCUT2D eigenvalue weighted by Gasteiger charge is -2.40. The number of hydrogen-bond acceptors (Lipinski definition) is 1. The standard InChI is InChI=1S/C54H32O/c1-2-16-34-32-49-42(31-33(34)15-1)38-20-6-10-27-46(38)54(49)45-26-9-5-19-37(45)39-21-13-22-40(51(39)54)41-23-14-29-48-52(41)55-50-30-12-11-28-47(50)53(48)43-24-7-3-17-35(43)36-18-4-8-25-44(36)53/h1-32H. The van der Waals surface area contributed by atoms with Crippen molar-refractivity contribution in [2.24, 2.45) is 0 Å². The van der Waals surface area contributed by atoms with Crippen molar-refractivity contribution in [1.29, 1.82) is 0 Å². The van der Waals surface area contributed by atoms with E-state index in [1.54, 1.807) is 0 Å². The fourth-order valence-corrected chi connectivity index (χ4v) is 11.2. The van der Waals surface area contributed by atoms with Crippen molar-refractivity contribution in [2.45, 2.75) is 10.8 Å². The lowest BCUT2D eigenvalue weighted by atomic mass is 9.65. The van der Waals surface area contributed by atoms with Crippen molar-refractivity contribution < 1.29 is 4.74 Å². The predicted octanol–water partition coefficient (Wildman–Crippen LogP) is 13.3. The summed E-state index contributed by atoms with van der Waals surface area (Å²) in [5.41, 5.74) is 19.4. The van der Waals surface area contributed by atoms with Gasteiger partial charge in [0.25, 0.3) is 0 Å². The minimum atomic E-state index is -0.530. The lowest BCUT2D eigenvalue weighted by molar-refractivity contribution is 0.438.